The summed E-state index contributed by atoms with van der Waals surface area (Å²) in [6.45, 7) is 1.95. The molecular formula is C14H23N3OS. The molecular weight excluding hydrogens is 258 g/mol. The largest absolute Gasteiger partial charge is 0.352 e. The molecule has 5 heteroatoms. The van der Waals surface area contributed by atoms with Crippen molar-refractivity contribution in [2.24, 2.45) is 7.05 Å². The lowest BCUT2D eigenvalue weighted by molar-refractivity contribution is -0.121. The summed E-state index contributed by atoms with van der Waals surface area (Å²) >= 11 is 1.52. The van der Waals surface area contributed by atoms with Gasteiger partial charge in [-0.3, -0.25) is 4.79 Å². The molecule has 4 nitrogen and oxygen atoms in total. The highest BCUT2D eigenvalue weighted by Gasteiger charge is 2.20. The van der Waals surface area contributed by atoms with E-state index < -0.39 is 0 Å². The summed E-state index contributed by atoms with van der Waals surface area (Å²) in [6.07, 6.45) is 11.0. The third-order valence-corrected chi connectivity index (χ3v) is 4.80. The van der Waals surface area contributed by atoms with Crippen molar-refractivity contribution < 1.29 is 4.79 Å². The first-order chi connectivity index (χ1) is 9.16. The molecule has 2 rings (SSSR count). The lowest BCUT2D eigenvalue weighted by Crippen LogP contribution is -2.39. The number of thioether (sulfide) groups is 1. The van der Waals surface area contributed by atoms with Crippen molar-refractivity contribution in [3.8, 4) is 0 Å². The van der Waals surface area contributed by atoms with Gasteiger partial charge in [0.25, 0.3) is 0 Å². The Morgan fingerprint density at radius 3 is 2.68 bits per heavy atom. The summed E-state index contributed by atoms with van der Waals surface area (Å²) in [5.41, 5.74) is 0. The number of amides is 1. The van der Waals surface area contributed by atoms with Gasteiger partial charge in [-0.05, 0) is 19.8 Å². The van der Waals surface area contributed by atoms with Crippen molar-refractivity contribution in [1.82, 2.24) is 14.9 Å². The SMILES string of the molecule is CC(Sc1nccn1C)C(=O)NC1CCCCCC1. The molecule has 1 N–H and O–H groups in total. The van der Waals surface area contributed by atoms with Crippen LogP contribution in [0.5, 0.6) is 0 Å². The second kappa shape index (κ2) is 6.98. The minimum atomic E-state index is -0.0932. The molecule has 1 aromatic rings. The van der Waals surface area contributed by atoms with Crippen LogP contribution >= 0.6 is 11.8 Å². The van der Waals surface area contributed by atoms with Gasteiger partial charge in [-0.1, -0.05) is 37.4 Å². The van der Waals surface area contributed by atoms with Gasteiger partial charge in [-0.25, -0.2) is 4.98 Å². The number of hydrogen-bond donors (Lipinski definition) is 1. The average Bonchev–Trinajstić information content (AvgIpc) is 2.65. The Balaban J connectivity index is 1.83. The number of carbonyl (C=O) groups excluding carboxylic acids is 1. The fraction of sp³-hybridized carbons (Fsp3) is 0.714. The minimum Gasteiger partial charge on any atom is -0.352 e. The molecule has 1 fully saturated rings. The van der Waals surface area contributed by atoms with Crippen LogP contribution in [-0.4, -0.2) is 26.8 Å². The van der Waals surface area contributed by atoms with E-state index in [0.717, 1.165) is 18.0 Å². The molecule has 0 bridgehead atoms. The number of nitrogens with zero attached hydrogens (tertiary/aromatic N) is 2. The molecule has 1 unspecified atom stereocenters. The van der Waals surface area contributed by atoms with Gasteiger partial charge in [0.1, 0.15) is 0 Å². The van der Waals surface area contributed by atoms with Crippen molar-refractivity contribution >= 4 is 17.7 Å². The topological polar surface area (TPSA) is 46.9 Å². The molecule has 1 aliphatic carbocycles. The summed E-state index contributed by atoms with van der Waals surface area (Å²) < 4.78 is 1.94. The summed E-state index contributed by atoms with van der Waals surface area (Å²) in [7, 11) is 1.95. The zero-order valence-corrected chi connectivity index (χ0v) is 12.6. The van der Waals surface area contributed by atoms with Crippen LogP contribution in [0.15, 0.2) is 17.6 Å². The summed E-state index contributed by atoms with van der Waals surface area (Å²) in [5.74, 6) is 0.139. The average molecular weight is 281 g/mol. The maximum Gasteiger partial charge on any atom is 0.233 e. The molecule has 0 aromatic carbocycles. The molecule has 0 saturated heterocycles. The molecule has 1 aliphatic rings. The smallest absolute Gasteiger partial charge is 0.233 e. The first-order valence-electron chi connectivity index (χ1n) is 7.11. The van der Waals surface area contributed by atoms with Crippen LogP contribution in [0.4, 0.5) is 0 Å². The van der Waals surface area contributed by atoms with Gasteiger partial charge in [-0.2, -0.15) is 0 Å². The number of imidazole rings is 1. The third-order valence-electron chi connectivity index (χ3n) is 3.63. The number of carbonyl (C=O) groups is 1. The van der Waals surface area contributed by atoms with Crippen LogP contribution in [0, 0.1) is 0 Å². The Hall–Kier alpha value is -0.970. The van der Waals surface area contributed by atoms with Gasteiger partial charge in [0.15, 0.2) is 5.16 Å². The lowest BCUT2D eigenvalue weighted by atomic mass is 10.1. The molecule has 1 atom stereocenters. The first kappa shape index (κ1) is 14.4. The van der Waals surface area contributed by atoms with Crippen molar-refractivity contribution in [1.29, 1.82) is 0 Å². The lowest BCUT2D eigenvalue weighted by Gasteiger charge is -2.19. The fourth-order valence-corrected chi connectivity index (χ4v) is 3.26. The molecule has 1 heterocycles. The van der Waals surface area contributed by atoms with E-state index in [1.165, 1.54) is 37.4 Å². The molecule has 1 aromatic heterocycles. The molecule has 1 saturated carbocycles. The van der Waals surface area contributed by atoms with Gasteiger partial charge in [-0.15, -0.1) is 0 Å². The fourth-order valence-electron chi connectivity index (χ4n) is 2.42. The first-order valence-corrected chi connectivity index (χ1v) is 7.99. The highest BCUT2D eigenvalue weighted by atomic mass is 32.2. The zero-order valence-electron chi connectivity index (χ0n) is 11.8. The maximum atomic E-state index is 12.2. The highest BCUT2D eigenvalue weighted by Crippen LogP contribution is 2.22. The predicted molar refractivity (Wildman–Crippen MR) is 78.2 cm³/mol. The Bertz CT molecular complexity index is 411. The molecule has 1 amide bonds. The standard InChI is InChI=1S/C14H23N3OS/c1-11(19-14-15-9-10-17(14)2)13(18)16-12-7-5-3-4-6-8-12/h9-12H,3-8H2,1-2H3,(H,16,18). The Morgan fingerprint density at radius 2 is 2.11 bits per heavy atom. The van der Waals surface area contributed by atoms with E-state index >= 15 is 0 Å². The second-order valence-corrected chi connectivity index (χ2v) is 6.59. The Morgan fingerprint density at radius 1 is 1.42 bits per heavy atom. The van der Waals surface area contributed by atoms with E-state index in [4.69, 9.17) is 0 Å². The number of aromatic nitrogens is 2. The molecule has 19 heavy (non-hydrogen) atoms. The van der Waals surface area contributed by atoms with Crippen molar-refractivity contribution in [3.63, 3.8) is 0 Å². The number of hydrogen-bond acceptors (Lipinski definition) is 3. The predicted octanol–water partition coefficient (Wildman–Crippen LogP) is 2.74. The molecule has 0 radical (unpaired) electrons. The van der Waals surface area contributed by atoms with E-state index in [2.05, 4.69) is 10.3 Å². The second-order valence-electron chi connectivity index (χ2n) is 5.28. The molecule has 106 valence electrons. The van der Waals surface area contributed by atoms with E-state index in [9.17, 15) is 4.79 Å². The number of rotatable bonds is 4. The number of nitrogens with one attached hydrogen (secondary N) is 1. The summed E-state index contributed by atoms with van der Waals surface area (Å²) in [5, 5.41) is 3.99. The number of aryl methyl sites for hydroxylation is 1. The summed E-state index contributed by atoms with van der Waals surface area (Å²) in [6, 6.07) is 0.374. The van der Waals surface area contributed by atoms with Crippen LogP contribution in [0.1, 0.15) is 45.4 Å². The monoisotopic (exact) mass is 281 g/mol. The van der Waals surface area contributed by atoms with E-state index in [-0.39, 0.29) is 11.2 Å². The Labute approximate surface area is 119 Å². The maximum absolute atomic E-state index is 12.2. The zero-order chi connectivity index (χ0) is 13.7. The van der Waals surface area contributed by atoms with E-state index in [0.29, 0.717) is 6.04 Å². The van der Waals surface area contributed by atoms with Gasteiger partial charge in [0.2, 0.25) is 5.91 Å². The van der Waals surface area contributed by atoms with E-state index in [1.54, 1.807) is 6.20 Å². The molecule has 0 aliphatic heterocycles. The van der Waals surface area contributed by atoms with Crippen LogP contribution in [0.2, 0.25) is 0 Å². The van der Waals surface area contributed by atoms with Crippen LogP contribution < -0.4 is 5.32 Å². The van der Waals surface area contributed by atoms with Crippen molar-refractivity contribution in [2.75, 3.05) is 0 Å². The highest BCUT2D eigenvalue weighted by molar-refractivity contribution is 8.00. The Kier molecular flexibility index (Phi) is 5.31. The van der Waals surface area contributed by atoms with Crippen molar-refractivity contribution in [2.45, 2.75) is 61.9 Å². The van der Waals surface area contributed by atoms with E-state index in [1.807, 2.05) is 24.7 Å². The van der Waals surface area contributed by atoms with Crippen LogP contribution in [0.3, 0.4) is 0 Å². The quantitative estimate of drug-likeness (QED) is 0.682. The normalized spacial score (nSPS) is 18.8. The van der Waals surface area contributed by atoms with Gasteiger partial charge >= 0.3 is 0 Å². The van der Waals surface area contributed by atoms with Crippen molar-refractivity contribution in [3.05, 3.63) is 12.4 Å². The van der Waals surface area contributed by atoms with Crippen LogP contribution in [0.25, 0.3) is 0 Å². The minimum absolute atomic E-state index is 0.0932. The van der Waals surface area contributed by atoms with Crippen LogP contribution in [-0.2, 0) is 11.8 Å². The van der Waals surface area contributed by atoms with Gasteiger partial charge in [0.05, 0.1) is 5.25 Å². The third kappa shape index (κ3) is 4.27. The summed E-state index contributed by atoms with van der Waals surface area (Å²) in [4.78, 5) is 16.4. The van der Waals surface area contributed by atoms with Gasteiger partial charge < -0.3 is 9.88 Å². The van der Waals surface area contributed by atoms with Gasteiger partial charge in [0, 0.05) is 25.5 Å². The molecule has 0 spiro atoms.